The molecule has 17 heavy (non-hydrogen) atoms. The fourth-order valence-corrected chi connectivity index (χ4v) is 1.47. The molecule has 0 heterocycles. The topological polar surface area (TPSA) is 82.1 Å². The van der Waals surface area contributed by atoms with Gasteiger partial charge in [0.05, 0.1) is 32.5 Å². The van der Waals surface area contributed by atoms with Crippen LogP contribution in [-0.2, 0) is 0 Å². The molecular formula is C11H12O6. The normalized spacial score (nSPS) is 9.59. The molecule has 0 amide bonds. The number of hydrogen-bond donors (Lipinski definition) is 1. The predicted octanol–water partition coefficient (Wildman–Crippen LogP) is 1.22. The van der Waals surface area contributed by atoms with Crippen molar-refractivity contribution >= 4 is 12.3 Å². The lowest BCUT2D eigenvalue weighted by Crippen LogP contribution is -2.07. The van der Waals surface area contributed by atoms with Gasteiger partial charge in [-0.25, -0.2) is 4.79 Å². The Hall–Kier alpha value is -2.24. The monoisotopic (exact) mass is 240 g/mol. The molecule has 1 N–H and O–H groups in total. The van der Waals surface area contributed by atoms with Crippen LogP contribution in [0.25, 0.3) is 0 Å². The van der Waals surface area contributed by atoms with E-state index in [-0.39, 0.29) is 28.4 Å². The molecule has 1 aromatic carbocycles. The van der Waals surface area contributed by atoms with E-state index in [0.717, 1.165) is 0 Å². The van der Waals surface area contributed by atoms with Crippen molar-refractivity contribution in [1.29, 1.82) is 0 Å². The number of carboxylic acids is 1. The van der Waals surface area contributed by atoms with E-state index in [1.54, 1.807) is 0 Å². The summed E-state index contributed by atoms with van der Waals surface area (Å²) in [5, 5.41) is 8.99. The lowest BCUT2D eigenvalue weighted by atomic mass is 10.1. The molecule has 0 fully saturated rings. The molecule has 0 bridgehead atoms. The standard InChI is InChI=1S/C11H12O6/c1-15-8-4-6(11(13)14)7(5-12)9(16-2)10(8)17-3/h4-5H,1-3H3,(H,13,14). The lowest BCUT2D eigenvalue weighted by Gasteiger charge is -2.15. The molecule has 0 aliphatic rings. The molecule has 0 atom stereocenters. The van der Waals surface area contributed by atoms with Crippen molar-refractivity contribution in [2.75, 3.05) is 21.3 Å². The third kappa shape index (κ3) is 2.15. The van der Waals surface area contributed by atoms with Gasteiger partial charge in [-0.2, -0.15) is 0 Å². The SMILES string of the molecule is COc1cc(C(=O)O)c(C=O)c(OC)c1OC. The van der Waals surface area contributed by atoms with Crippen LogP contribution in [-0.4, -0.2) is 38.7 Å². The number of carbonyl (C=O) groups excluding carboxylic acids is 1. The van der Waals surface area contributed by atoms with Crippen LogP contribution < -0.4 is 14.2 Å². The number of methoxy groups -OCH3 is 3. The van der Waals surface area contributed by atoms with Crippen LogP contribution in [0.3, 0.4) is 0 Å². The number of benzene rings is 1. The minimum atomic E-state index is -1.24. The van der Waals surface area contributed by atoms with E-state index >= 15 is 0 Å². The minimum Gasteiger partial charge on any atom is -0.493 e. The highest BCUT2D eigenvalue weighted by atomic mass is 16.5. The zero-order valence-corrected chi connectivity index (χ0v) is 9.64. The second-order valence-corrected chi connectivity index (χ2v) is 3.03. The maximum absolute atomic E-state index is 11.0. The molecule has 92 valence electrons. The van der Waals surface area contributed by atoms with Gasteiger partial charge in [0.25, 0.3) is 0 Å². The molecule has 0 aliphatic heterocycles. The Balaban J connectivity index is 3.66. The highest BCUT2D eigenvalue weighted by Crippen LogP contribution is 2.41. The summed E-state index contributed by atoms with van der Waals surface area (Å²) >= 11 is 0. The van der Waals surface area contributed by atoms with Gasteiger partial charge in [-0.05, 0) is 6.07 Å². The first-order valence-corrected chi connectivity index (χ1v) is 4.62. The van der Waals surface area contributed by atoms with Gasteiger partial charge in [-0.15, -0.1) is 0 Å². The smallest absolute Gasteiger partial charge is 0.336 e. The first kappa shape index (κ1) is 12.8. The van der Waals surface area contributed by atoms with Gasteiger partial charge in [-0.1, -0.05) is 0 Å². The van der Waals surface area contributed by atoms with E-state index in [2.05, 4.69) is 0 Å². The van der Waals surface area contributed by atoms with Crippen molar-refractivity contribution in [2.45, 2.75) is 0 Å². The predicted molar refractivity (Wildman–Crippen MR) is 58.4 cm³/mol. The van der Waals surface area contributed by atoms with Gasteiger partial charge in [0.1, 0.15) is 0 Å². The van der Waals surface area contributed by atoms with E-state index in [9.17, 15) is 9.59 Å². The number of rotatable bonds is 5. The zero-order chi connectivity index (χ0) is 13.0. The Morgan fingerprint density at radius 1 is 1.18 bits per heavy atom. The summed E-state index contributed by atoms with van der Waals surface area (Å²) in [5.41, 5.74) is -0.285. The number of ether oxygens (including phenoxy) is 3. The fraction of sp³-hybridized carbons (Fsp3) is 0.273. The van der Waals surface area contributed by atoms with Gasteiger partial charge < -0.3 is 19.3 Å². The quantitative estimate of drug-likeness (QED) is 0.779. The third-order valence-electron chi connectivity index (χ3n) is 2.22. The van der Waals surface area contributed by atoms with E-state index in [1.165, 1.54) is 27.4 Å². The van der Waals surface area contributed by atoms with Gasteiger partial charge in [0, 0.05) is 0 Å². The molecule has 0 aliphatic carbocycles. The first-order valence-electron chi connectivity index (χ1n) is 4.62. The molecule has 0 unspecified atom stereocenters. The summed E-state index contributed by atoms with van der Waals surface area (Å²) in [6, 6.07) is 1.22. The second-order valence-electron chi connectivity index (χ2n) is 3.03. The summed E-state index contributed by atoms with van der Waals surface area (Å²) in [6.45, 7) is 0. The Morgan fingerprint density at radius 3 is 2.12 bits per heavy atom. The van der Waals surface area contributed by atoms with Crippen LogP contribution in [0, 0.1) is 0 Å². The summed E-state index contributed by atoms with van der Waals surface area (Å²) in [5.74, 6) is -0.833. The van der Waals surface area contributed by atoms with Crippen molar-refractivity contribution < 1.29 is 28.9 Å². The molecular weight excluding hydrogens is 228 g/mol. The van der Waals surface area contributed by atoms with Crippen LogP contribution in [0.5, 0.6) is 17.2 Å². The number of hydrogen-bond acceptors (Lipinski definition) is 5. The van der Waals surface area contributed by atoms with Gasteiger partial charge in [0.15, 0.2) is 17.8 Å². The molecule has 0 aromatic heterocycles. The Labute approximate surface area is 97.7 Å². The van der Waals surface area contributed by atoms with E-state index in [0.29, 0.717) is 6.29 Å². The highest BCUT2D eigenvalue weighted by Gasteiger charge is 2.23. The molecule has 0 saturated carbocycles. The zero-order valence-electron chi connectivity index (χ0n) is 9.64. The van der Waals surface area contributed by atoms with Crippen LogP contribution in [0.2, 0.25) is 0 Å². The molecule has 1 aromatic rings. The molecule has 0 radical (unpaired) electrons. The minimum absolute atomic E-state index is 0.0410. The van der Waals surface area contributed by atoms with Crippen LogP contribution >= 0.6 is 0 Å². The van der Waals surface area contributed by atoms with Gasteiger partial charge in [-0.3, -0.25) is 4.79 Å². The summed E-state index contributed by atoms with van der Waals surface area (Å²) < 4.78 is 15.0. The Bertz CT molecular complexity index is 452. The van der Waals surface area contributed by atoms with Crippen molar-refractivity contribution in [2.24, 2.45) is 0 Å². The lowest BCUT2D eigenvalue weighted by molar-refractivity contribution is 0.0693. The van der Waals surface area contributed by atoms with Crippen LogP contribution in [0.4, 0.5) is 0 Å². The van der Waals surface area contributed by atoms with Crippen molar-refractivity contribution in [3.63, 3.8) is 0 Å². The molecule has 0 saturated heterocycles. The largest absolute Gasteiger partial charge is 0.493 e. The average molecular weight is 240 g/mol. The van der Waals surface area contributed by atoms with Gasteiger partial charge >= 0.3 is 5.97 Å². The Kier molecular flexibility index (Phi) is 3.92. The molecule has 6 nitrogen and oxygen atoms in total. The highest BCUT2D eigenvalue weighted by molar-refractivity contribution is 6.00. The first-order chi connectivity index (χ1) is 8.10. The molecule has 1 rings (SSSR count). The van der Waals surface area contributed by atoms with Crippen molar-refractivity contribution in [3.05, 3.63) is 17.2 Å². The molecule has 6 heteroatoms. The number of carboxylic acid groups (broad SMARTS) is 1. The summed E-state index contributed by atoms with van der Waals surface area (Å²) in [7, 11) is 4.05. The fourth-order valence-electron chi connectivity index (χ4n) is 1.47. The summed E-state index contributed by atoms with van der Waals surface area (Å²) in [4.78, 5) is 21.9. The Morgan fingerprint density at radius 2 is 1.76 bits per heavy atom. The van der Waals surface area contributed by atoms with Crippen LogP contribution in [0.15, 0.2) is 6.07 Å². The number of aromatic carboxylic acids is 1. The average Bonchev–Trinajstić information content (AvgIpc) is 2.35. The molecule has 0 spiro atoms. The maximum atomic E-state index is 11.0. The third-order valence-corrected chi connectivity index (χ3v) is 2.22. The second kappa shape index (κ2) is 5.20. The van der Waals surface area contributed by atoms with E-state index in [1.807, 2.05) is 0 Å². The van der Waals surface area contributed by atoms with E-state index in [4.69, 9.17) is 19.3 Å². The maximum Gasteiger partial charge on any atom is 0.336 e. The summed E-state index contributed by atoms with van der Waals surface area (Å²) in [6.07, 6.45) is 0.407. The van der Waals surface area contributed by atoms with Crippen LogP contribution in [0.1, 0.15) is 20.7 Å². The van der Waals surface area contributed by atoms with E-state index < -0.39 is 5.97 Å². The number of carbonyl (C=O) groups is 2. The van der Waals surface area contributed by atoms with Crippen molar-refractivity contribution in [1.82, 2.24) is 0 Å². The number of aldehydes is 1. The van der Waals surface area contributed by atoms with Crippen molar-refractivity contribution in [3.8, 4) is 17.2 Å². The van der Waals surface area contributed by atoms with Gasteiger partial charge in [0.2, 0.25) is 5.75 Å².